The van der Waals surface area contributed by atoms with Crippen LogP contribution >= 0.6 is 0 Å². The quantitative estimate of drug-likeness (QED) is 0.546. The third-order valence-electron chi connectivity index (χ3n) is 6.68. The van der Waals surface area contributed by atoms with Gasteiger partial charge in [0, 0.05) is 11.8 Å². The molecule has 0 unspecified atom stereocenters. The Balaban J connectivity index is 1.62. The zero-order valence-corrected chi connectivity index (χ0v) is 16.6. The topological polar surface area (TPSA) is 9.23 Å². The molecule has 0 radical (unpaired) electrons. The van der Waals surface area contributed by atoms with E-state index < -0.39 is 19.7 Å². The Kier molecular flexibility index (Phi) is 4.14. The molecule has 0 heterocycles. The van der Waals surface area contributed by atoms with Crippen molar-refractivity contribution in [3.63, 3.8) is 0 Å². The first-order valence-corrected chi connectivity index (χ1v) is 12.0. The lowest BCUT2D eigenvalue weighted by Gasteiger charge is -2.36. The van der Waals surface area contributed by atoms with Crippen LogP contribution in [-0.2, 0) is 0 Å². The number of halogens is 2. The maximum Gasteiger partial charge on any atom is 0.254 e. The summed E-state index contributed by atoms with van der Waals surface area (Å²) in [6, 6.07) is 8.39. The zero-order valence-electron chi connectivity index (χ0n) is 15.6. The van der Waals surface area contributed by atoms with Gasteiger partial charge in [0.15, 0.2) is 0 Å². The van der Waals surface area contributed by atoms with Crippen molar-refractivity contribution in [1.29, 1.82) is 0 Å². The van der Waals surface area contributed by atoms with Gasteiger partial charge in [0.1, 0.15) is 5.75 Å². The second-order valence-electron chi connectivity index (χ2n) is 9.37. The number of alkyl halides is 2. The molecule has 0 amide bonds. The Labute approximate surface area is 145 Å². The average molecular weight is 353 g/mol. The Morgan fingerprint density at radius 1 is 1.04 bits per heavy atom. The predicted molar refractivity (Wildman–Crippen MR) is 97.5 cm³/mol. The first-order valence-electron chi connectivity index (χ1n) is 9.13. The lowest BCUT2D eigenvalue weighted by atomic mass is 9.76. The van der Waals surface area contributed by atoms with Crippen molar-refractivity contribution >= 4 is 8.32 Å². The van der Waals surface area contributed by atoms with E-state index in [9.17, 15) is 8.78 Å². The molecule has 24 heavy (non-hydrogen) atoms. The van der Waals surface area contributed by atoms with Gasteiger partial charge in [-0.3, -0.25) is 0 Å². The summed E-state index contributed by atoms with van der Waals surface area (Å²) in [6.07, 6.45) is 3.24. The molecular formula is C20H30F2OSi. The van der Waals surface area contributed by atoms with Crippen LogP contribution in [0.15, 0.2) is 24.3 Å². The molecule has 2 aliphatic rings. The van der Waals surface area contributed by atoms with Crippen LogP contribution in [0.5, 0.6) is 5.75 Å². The summed E-state index contributed by atoms with van der Waals surface area (Å²) in [7, 11) is -1.81. The van der Waals surface area contributed by atoms with Gasteiger partial charge in [-0.05, 0) is 67.4 Å². The minimum absolute atomic E-state index is 0.117. The standard InChI is InChI=1S/C20H30F2OSi/c1-18(2,3)24(4,5)23-17-8-6-15(7-9-17)16-10-12-19(13-11-16)14-20(19,21)22/h6-9,16H,10-14H2,1-5H3. The minimum atomic E-state index is -2.39. The second-order valence-corrected chi connectivity index (χ2v) is 14.1. The molecule has 0 atom stereocenters. The van der Waals surface area contributed by atoms with Crippen molar-refractivity contribution in [3.05, 3.63) is 29.8 Å². The molecule has 0 bridgehead atoms. The fraction of sp³-hybridized carbons (Fsp3) is 0.700. The maximum atomic E-state index is 13.5. The molecule has 2 saturated carbocycles. The summed E-state index contributed by atoms with van der Waals surface area (Å²) in [4.78, 5) is 0. The van der Waals surface area contributed by atoms with E-state index >= 15 is 0 Å². The van der Waals surface area contributed by atoms with Gasteiger partial charge in [-0.2, -0.15) is 0 Å². The molecule has 3 rings (SSSR count). The third kappa shape index (κ3) is 3.14. The summed E-state index contributed by atoms with van der Waals surface area (Å²) in [6.45, 7) is 11.2. The Hall–Kier alpha value is -0.903. The van der Waals surface area contributed by atoms with Gasteiger partial charge >= 0.3 is 0 Å². The Bertz CT molecular complexity index is 593. The molecule has 0 N–H and O–H groups in total. The highest BCUT2D eigenvalue weighted by atomic mass is 28.4. The summed E-state index contributed by atoms with van der Waals surface area (Å²) >= 11 is 0. The molecule has 0 aromatic heterocycles. The third-order valence-corrected chi connectivity index (χ3v) is 11.0. The van der Waals surface area contributed by atoms with Crippen molar-refractivity contribution in [2.75, 3.05) is 0 Å². The van der Waals surface area contributed by atoms with Crippen LogP contribution in [0.1, 0.15) is 64.4 Å². The SMILES string of the molecule is CC(C)(C)[Si](C)(C)Oc1ccc(C2CCC3(CC2)CC3(F)F)cc1. The monoisotopic (exact) mass is 352 g/mol. The average Bonchev–Trinajstić information content (AvgIpc) is 2.99. The van der Waals surface area contributed by atoms with E-state index in [-0.39, 0.29) is 11.5 Å². The number of rotatable bonds is 3. The van der Waals surface area contributed by atoms with E-state index in [0.717, 1.165) is 18.6 Å². The molecular weight excluding hydrogens is 322 g/mol. The van der Waals surface area contributed by atoms with Crippen molar-refractivity contribution in [1.82, 2.24) is 0 Å². The number of benzene rings is 1. The van der Waals surface area contributed by atoms with Crippen LogP contribution in [0.25, 0.3) is 0 Å². The fourth-order valence-electron chi connectivity index (χ4n) is 3.68. The molecule has 2 aliphatic carbocycles. The molecule has 1 aromatic carbocycles. The van der Waals surface area contributed by atoms with Gasteiger partial charge in [-0.15, -0.1) is 0 Å². The van der Waals surface area contributed by atoms with Crippen molar-refractivity contribution in [2.45, 2.75) is 82.8 Å². The first kappa shape index (κ1) is 17.9. The van der Waals surface area contributed by atoms with Crippen LogP contribution in [0.3, 0.4) is 0 Å². The number of hydrogen-bond acceptors (Lipinski definition) is 1. The van der Waals surface area contributed by atoms with E-state index in [1.807, 2.05) is 0 Å². The Morgan fingerprint density at radius 2 is 1.54 bits per heavy atom. The van der Waals surface area contributed by atoms with E-state index in [1.54, 1.807) is 0 Å². The van der Waals surface area contributed by atoms with Gasteiger partial charge in [0.05, 0.1) is 0 Å². The minimum Gasteiger partial charge on any atom is -0.544 e. The van der Waals surface area contributed by atoms with Crippen LogP contribution in [-0.4, -0.2) is 14.2 Å². The number of hydrogen-bond donors (Lipinski definition) is 0. The lowest BCUT2D eigenvalue weighted by Crippen LogP contribution is -2.43. The van der Waals surface area contributed by atoms with Gasteiger partial charge in [-0.1, -0.05) is 32.9 Å². The Morgan fingerprint density at radius 3 is 1.96 bits per heavy atom. The van der Waals surface area contributed by atoms with E-state index in [4.69, 9.17) is 4.43 Å². The van der Waals surface area contributed by atoms with Crippen LogP contribution in [0.2, 0.25) is 18.1 Å². The van der Waals surface area contributed by atoms with Crippen molar-refractivity contribution in [2.24, 2.45) is 5.41 Å². The van der Waals surface area contributed by atoms with Gasteiger partial charge in [0.2, 0.25) is 8.32 Å². The zero-order chi connectivity index (χ0) is 17.8. The fourth-order valence-corrected chi connectivity index (χ4v) is 4.71. The molecule has 1 aromatic rings. The summed E-state index contributed by atoms with van der Waals surface area (Å²) < 4.78 is 33.3. The molecule has 1 nitrogen and oxygen atoms in total. The first-order chi connectivity index (χ1) is 11.0. The van der Waals surface area contributed by atoms with Crippen molar-refractivity contribution in [3.8, 4) is 5.75 Å². The van der Waals surface area contributed by atoms with Crippen LogP contribution in [0, 0.1) is 5.41 Å². The predicted octanol–water partition coefficient (Wildman–Crippen LogP) is 6.75. The molecule has 2 fully saturated rings. The van der Waals surface area contributed by atoms with Gasteiger partial charge in [-0.25, -0.2) is 8.78 Å². The largest absolute Gasteiger partial charge is 0.544 e. The highest BCUT2D eigenvalue weighted by molar-refractivity contribution is 6.74. The lowest BCUT2D eigenvalue weighted by molar-refractivity contribution is 0.0455. The van der Waals surface area contributed by atoms with Crippen LogP contribution in [0.4, 0.5) is 8.78 Å². The summed E-state index contributed by atoms with van der Waals surface area (Å²) in [5.74, 6) is -1.03. The molecule has 1 spiro atoms. The van der Waals surface area contributed by atoms with Crippen LogP contribution < -0.4 is 4.43 Å². The summed E-state index contributed by atoms with van der Waals surface area (Å²) in [5.41, 5.74) is 0.630. The van der Waals surface area contributed by atoms with E-state index in [2.05, 4.69) is 58.1 Å². The highest BCUT2D eigenvalue weighted by Crippen LogP contribution is 2.68. The maximum absolute atomic E-state index is 13.5. The van der Waals surface area contributed by atoms with E-state index in [0.29, 0.717) is 18.8 Å². The molecule has 134 valence electrons. The molecule has 0 aliphatic heterocycles. The normalized spacial score (nSPS) is 29.5. The second kappa shape index (κ2) is 5.55. The summed E-state index contributed by atoms with van der Waals surface area (Å²) in [5, 5.41) is 0.179. The molecule has 4 heteroatoms. The highest BCUT2D eigenvalue weighted by Gasteiger charge is 2.70. The van der Waals surface area contributed by atoms with Crippen molar-refractivity contribution < 1.29 is 13.2 Å². The van der Waals surface area contributed by atoms with Gasteiger partial charge < -0.3 is 4.43 Å². The molecule has 0 saturated heterocycles. The van der Waals surface area contributed by atoms with E-state index in [1.165, 1.54) is 5.56 Å². The van der Waals surface area contributed by atoms with Gasteiger partial charge in [0.25, 0.3) is 5.92 Å². The smallest absolute Gasteiger partial charge is 0.254 e.